The fourth-order valence-corrected chi connectivity index (χ4v) is 3.85. The summed E-state index contributed by atoms with van der Waals surface area (Å²) < 4.78 is 13.4. The summed E-state index contributed by atoms with van der Waals surface area (Å²) in [6.07, 6.45) is 3.76. The third kappa shape index (κ3) is 5.38. The molecular formula is C24H26FN5O. The first-order valence-electron chi connectivity index (χ1n) is 10.4. The van der Waals surface area contributed by atoms with Crippen LogP contribution in [0.5, 0.6) is 0 Å². The van der Waals surface area contributed by atoms with Gasteiger partial charge in [-0.2, -0.15) is 0 Å². The molecule has 0 spiro atoms. The van der Waals surface area contributed by atoms with Crippen LogP contribution in [0.1, 0.15) is 40.2 Å². The van der Waals surface area contributed by atoms with E-state index >= 15 is 0 Å². The molecule has 0 aliphatic carbocycles. The Morgan fingerprint density at radius 2 is 1.90 bits per heavy atom. The van der Waals surface area contributed by atoms with Crippen molar-refractivity contribution in [3.05, 3.63) is 83.3 Å². The van der Waals surface area contributed by atoms with Crippen molar-refractivity contribution >= 4 is 23.1 Å². The predicted octanol–water partition coefficient (Wildman–Crippen LogP) is 4.14. The summed E-state index contributed by atoms with van der Waals surface area (Å²) >= 11 is 0. The van der Waals surface area contributed by atoms with Gasteiger partial charge in [0.05, 0.1) is 11.3 Å². The number of nitrogens with two attached hydrogens (primary N) is 1. The average Bonchev–Trinajstić information content (AvgIpc) is 2.79. The summed E-state index contributed by atoms with van der Waals surface area (Å²) in [4.78, 5) is 16.1. The number of hydrogen-bond donors (Lipinski definition) is 4. The Morgan fingerprint density at radius 3 is 2.61 bits per heavy atom. The average molecular weight is 420 g/mol. The first-order valence-corrected chi connectivity index (χ1v) is 10.4. The Balaban J connectivity index is 1.48. The molecule has 6 nitrogen and oxygen atoms in total. The molecule has 2 heterocycles. The number of aromatic nitrogens is 1. The van der Waals surface area contributed by atoms with Crippen LogP contribution >= 0.6 is 0 Å². The summed E-state index contributed by atoms with van der Waals surface area (Å²) in [5.41, 5.74) is 9.34. The topological polar surface area (TPSA) is 92.1 Å². The van der Waals surface area contributed by atoms with Crippen LogP contribution in [0.4, 0.5) is 21.6 Å². The minimum Gasteiger partial charge on any atom is -0.380 e. The fraction of sp³-hybridized carbons (Fsp3) is 0.250. The molecule has 4 rings (SSSR count). The number of rotatable bonds is 7. The van der Waals surface area contributed by atoms with Gasteiger partial charge >= 0.3 is 0 Å². The second-order valence-corrected chi connectivity index (χ2v) is 7.73. The van der Waals surface area contributed by atoms with E-state index in [2.05, 4.69) is 33.1 Å². The lowest BCUT2D eigenvalue weighted by Gasteiger charge is -2.23. The highest BCUT2D eigenvalue weighted by molar-refractivity contribution is 5.98. The number of primary amides is 1. The van der Waals surface area contributed by atoms with Crippen LogP contribution in [0.2, 0.25) is 0 Å². The van der Waals surface area contributed by atoms with E-state index in [-0.39, 0.29) is 11.4 Å². The standard InChI is InChI=1S/C24H26FN5O/c25-19-3-1-2-16(12-19)14-28-22-13-23(29-15-21(22)24(26)31)30-20-6-4-17(5-7-20)18-8-10-27-11-9-18/h1-7,12-13,15,18,27H,8-11,14H2,(H2,26,31)(H2,28,29,30). The van der Waals surface area contributed by atoms with Gasteiger partial charge in [-0.3, -0.25) is 4.79 Å². The van der Waals surface area contributed by atoms with Gasteiger partial charge in [0.25, 0.3) is 5.91 Å². The number of carbonyl (C=O) groups excluding carboxylic acids is 1. The van der Waals surface area contributed by atoms with Gasteiger partial charge < -0.3 is 21.7 Å². The van der Waals surface area contributed by atoms with Crippen molar-refractivity contribution in [2.45, 2.75) is 25.3 Å². The maximum absolute atomic E-state index is 13.4. The number of hydrogen-bond acceptors (Lipinski definition) is 5. The van der Waals surface area contributed by atoms with Gasteiger partial charge in [-0.1, -0.05) is 24.3 Å². The Morgan fingerprint density at radius 1 is 1.13 bits per heavy atom. The van der Waals surface area contributed by atoms with E-state index in [0.29, 0.717) is 24.0 Å². The van der Waals surface area contributed by atoms with E-state index in [9.17, 15) is 9.18 Å². The van der Waals surface area contributed by atoms with Gasteiger partial charge in [-0.05, 0) is 67.2 Å². The van der Waals surface area contributed by atoms with E-state index < -0.39 is 5.91 Å². The van der Waals surface area contributed by atoms with E-state index in [1.807, 2.05) is 18.2 Å². The number of pyridine rings is 1. The summed E-state index contributed by atoms with van der Waals surface area (Å²) in [6.45, 7) is 2.48. The summed E-state index contributed by atoms with van der Waals surface area (Å²) in [7, 11) is 0. The highest BCUT2D eigenvalue weighted by Gasteiger charge is 2.15. The zero-order valence-corrected chi connectivity index (χ0v) is 17.2. The van der Waals surface area contributed by atoms with Crippen LogP contribution < -0.4 is 21.7 Å². The number of nitrogens with zero attached hydrogens (tertiary/aromatic N) is 1. The molecule has 3 aromatic rings. The maximum Gasteiger partial charge on any atom is 0.252 e. The highest BCUT2D eigenvalue weighted by atomic mass is 19.1. The third-order valence-electron chi connectivity index (χ3n) is 5.54. The first-order chi connectivity index (χ1) is 15.1. The Hall–Kier alpha value is -3.45. The molecule has 0 unspecified atom stereocenters. The third-order valence-corrected chi connectivity index (χ3v) is 5.54. The summed E-state index contributed by atoms with van der Waals surface area (Å²) in [6, 6.07) is 16.4. The summed E-state index contributed by atoms with van der Waals surface area (Å²) in [5, 5.41) is 9.83. The lowest BCUT2D eigenvalue weighted by Crippen LogP contribution is -2.26. The van der Waals surface area contributed by atoms with E-state index in [0.717, 1.165) is 37.2 Å². The molecule has 0 radical (unpaired) electrons. The lowest BCUT2D eigenvalue weighted by molar-refractivity contribution is 0.100. The Labute approximate surface area is 181 Å². The number of amides is 1. The smallest absolute Gasteiger partial charge is 0.252 e. The van der Waals surface area contributed by atoms with E-state index in [1.165, 1.54) is 23.9 Å². The van der Waals surface area contributed by atoms with E-state index in [4.69, 9.17) is 5.73 Å². The molecule has 1 aliphatic heterocycles. The molecular weight excluding hydrogens is 393 g/mol. The van der Waals surface area contributed by atoms with Crippen LogP contribution in [0.15, 0.2) is 60.8 Å². The monoisotopic (exact) mass is 419 g/mol. The van der Waals surface area contributed by atoms with Crippen LogP contribution in [-0.2, 0) is 6.54 Å². The van der Waals surface area contributed by atoms with Crippen LogP contribution in [0, 0.1) is 5.82 Å². The minimum absolute atomic E-state index is 0.281. The van der Waals surface area contributed by atoms with Crippen molar-refractivity contribution in [2.75, 3.05) is 23.7 Å². The number of halogens is 1. The molecule has 5 N–H and O–H groups in total. The normalized spacial score (nSPS) is 14.2. The van der Waals surface area contributed by atoms with Crippen molar-refractivity contribution < 1.29 is 9.18 Å². The SMILES string of the molecule is NC(=O)c1cnc(Nc2ccc(C3CCNCC3)cc2)cc1NCc1cccc(F)c1. The fourth-order valence-electron chi connectivity index (χ4n) is 3.85. The molecule has 0 saturated carbocycles. The zero-order chi connectivity index (χ0) is 21.6. The Kier molecular flexibility index (Phi) is 6.43. The lowest BCUT2D eigenvalue weighted by atomic mass is 9.90. The molecule has 7 heteroatoms. The number of carbonyl (C=O) groups is 1. The van der Waals surface area contributed by atoms with Crippen molar-refractivity contribution in [3.63, 3.8) is 0 Å². The molecule has 1 aromatic heterocycles. The number of piperidine rings is 1. The molecule has 0 atom stereocenters. The van der Waals surface area contributed by atoms with Gasteiger partial charge in [-0.15, -0.1) is 0 Å². The molecule has 1 amide bonds. The maximum atomic E-state index is 13.4. The number of nitrogens with one attached hydrogen (secondary N) is 3. The quantitative estimate of drug-likeness (QED) is 0.462. The van der Waals surface area contributed by atoms with Crippen LogP contribution in [-0.4, -0.2) is 24.0 Å². The first kappa shape index (κ1) is 20.8. The molecule has 1 fully saturated rings. The van der Waals surface area contributed by atoms with Crippen LogP contribution in [0.25, 0.3) is 0 Å². The van der Waals surface area contributed by atoms with Gasteiger partial charge in [-0.25, -0.2) is 9.37 Å². The number of benzene rings is 2. The highest BCUT2D eigenvalue weighted by Crippen LogP contribution is 2.27. The molecule has 1 saturated heterocycles. The molecule has 0 bridgehead atoms. The van der Waals surface area contributed by atoms with Gasteiger partial charge in [0.15, 0.2) is 0 Å². The van der Waals surface area contributed by atoms with E-state index in [1.54, 1.807) is 12.1 Å². The largest absolute Gasteiger partial charge is 0.380 e. The minimum atomic E-state index is -0.577. The van der Waals surface area contributed by atoms with Gasteiger partial charge in [0.2, 0.25) is 0 Å². The Bertz CT molecular complexity index is 1050. The summed E-state index contributed by atoms with van der Waals surface area (Å²) in [5.74, 6) is 0.301. The predicted molar refractivity (Wildman–Crippen MR) is 121 cm³/mol. The van der Waals surface area contributed by atoms with Crippen molar-refractivity contribution in [1.29, 1.82) is 0 Å². The van der Waals surface area contributed by atoms with Crippen molar-refractivity contribution in [2.24, 2.45) is 5.73 Å². The zero-order valence-electron chi connectivity index (χ0n) is 17.2. The van der Waals surface area contributed by atoms with Gasteiger partial charge in [0, 0.05) is 24.5 Å². The number of anilines is 3. The van der Waals surface area contributed by atoms with Crippen LogP contribution in [0.3, 0.4) is 0 Å². The van der Waals surface area contributed by atoms with Crippen molar-refractivity contribution in [1.82, 2.24) is 10.3 Å². The van der Waals surface area contributed by atoms with Crippen molar-refractivity contribution in [3.8, 4) is 0 Å². The second kappa shape index (κ2) is 9.57. The molecule has 31 heavy (non-hydrogen) atoms. The molecule has 2 aromatic carbocycles. The molecule has 160 valence electrons. The molecule has 1 aliphatic rings. The van der Waals surface area contributed by atoms with Gasteiger partial charge in [0.1, 0.15) is 11.6 Å². The second-order valence-electron chi connectivity index (χ2n) is 7.73.